The van der Waals surface area contributed by atoms with Gasteiger partial charge in [-0.25, -0.2) is 14.8 Å². The third kappa shape index (κ3) is 5.00. The molecule has 0 fully saturated rings. The number of nitrogens with zero attached hydrogens (tertiary/aromatic N) is 3. The van der Waals surface area contributed by atoms with Crippen LogP contribution in [0.15, 0.2) is 5.03 Å². The smallest absolute Gasteiger partial charge is 0.340 e. The zero-order valence-electron chi connectivity index (χ0n) is 12.8. The first kappa shape index (κ1) is 17.4. The molecule has 6 nitrogen and oxygen atoms in total. The van der Waals surface area contributed by atoms with Crippen molar-refractivity contribution in [2.75, 3.05) is 19.8 Å². The molecule has 0 unspecified atom stereocenters. The van der Waals surface area contributed by atoms with Crippen molar-refractivity contribution in [3.05, 3.63) is 17.1 Å². The van der Waals surface area contributed by atoms with E-state index in [0.29, 0.717) is 41.6 Å². The molecule has 0 aromatic carbocycles. The molecule has 1 aromatic heterocycles. The van der Waals surface area contributed by atoms with Crippen LogP contribution >= 0.6 is 11.8 Å². The summed E-state index contributed by atoms with van der Waals surface area (Å²) in [7, 11) is 3.44. The molecule has 0 bridgehead atoms. The number of aryl methyl sites for hydroxylation is 2. The largest absolute Gasteiger partial charge is 0.478 e. The van der Waals surface area contributed by atoms with E-state index in [4.69, 9.17) is 0 Å². The van der Waals surface area contributed by atoms with Crippen LogP contribution in [0.2, 0.25) is 0 Å². The number of carbonyl (C=O) groups excluding carboxylic acids is 1. The molecule has 116 valence electrons. The lowest BCUT2D eigenvalue weighted by molar-refractivity contribution is -0.128. The average molecular weight is 311 g/mol. The van der Waals surface area contributed by atoms with Gasteiger partial charge in [0.2, 0.25) is 5.91 Å². The van der Waals surface area contributed by atoms with E-state index in [2.05, 4.69) is 9.97 Å². The number of rotatable bonds is 7. The topological polar surface area (TPSA) is 83.4 Å². The zero-order chi connectivity index (χ0) is 16.0. The molecule has 1 rings (SSSR count). The molecule has 0 aliphatic rings. The lowest BCUT2D eigenvalue weighted by Gasteiger charge is -2.11. The molecular formula is C14H21N3O3S. The van der Waals surface area contributed by atoms with Crippen molar-refractivity contribution in [3.8, 4) is 0 Å². The molecule has 1 amide bonds. The molecule has 1 N–H and O–H groups in total. The van der Waals surface area contributed by atoms with Crippen LogP contribution in [0.4, 0.5) is 0 Å². The fraction of sp³-hybridized carbons (Fsp3) is 0.571. The van der Waals surface area contributed by atoms with Gasteiger partial charge in [-0.2, -0.15) is 0 Å². The third-order valence-electron chi connectivity index (χ3n) is 2.91. The fourth-order valence-corrected chi connectivity index (χ4v) is 2.76. The van der Waals surface area contributed by atoms with Gasteiger partial charge in [0.15, 0.2) is 0 Å². The fourth-order valence-electron chi connectivity index (χ4n) is 1.73. The first-order chi connectivity index (χ1) is 9.86. The minimum Gasteiger partial charge on any atom is -0.478 e. The van der Waals surface area contributed by atoms with Gasteiger partial charge in [0, 0.05) is 32.7 Å². The van der Waals surface area contributed by atoms with Crippen LogP contribution in [0.25, 0.3) is 0 Å². The van der Waals surface area contributed by atoms with Gasteiger partial charge in [0.1, 0.15) is 16.4 Å². The summed E-state index contributed by atoms with van der Waals surface area (Å²) in [6, 6.07) is 0. The second-order valence-electron chi connectivity index (χ2n) is 4.80. The highest BCUT2D eigenvalue weighted by Crippen LogP contribution is 2.24. The number of carboxylic acids is 1. The van der Waals surface area contributed by atoms with Crippen LogP contribution in [0.5, 0.6) is 0 Å². The Hall–Kier alpha value is -1.63. The number of amides is 1. The van der Waals surface area contributed by atoms with Crippen molar-refractivity contribution in [3.63, 3.8) is 0 Å². The SMILES string of the molecule is CCc1nc(C)c(C(=O)O)c(SCCCC(=O)N(C)C)n1. The summed E-state index contributed by atoms with van der Waals surface area (Å²) in [6.45, 7) is 3.61. The van der Waals surface area contributed by atoms with E-state index in [-0.39, 0.29) is 11.5 Å². The van der Waals surface area contributed by atoms with Crippen molar-refractivity contribution in [1.29, 1.82) is 0 Å². The van der Waals surface area contributed by atoms with Crippen molar-refractivity contribution in [2.45, 2.75) is 38.1 Å². The highest BCUT2D eigenvalue weighted by Gasteiger charge is 2.18. The molecule has 0 saturated heterocycles. The lowest BCUT2D eigenvalue weighted by Crippen LogP contribution is -2.21. The van der Waals surface area contributed by atoms with Gasteiger partial charge in [-0.15, -0.1) is 11.8 Å². The van der Waals surface area contributed by atoms with Crippen molar-refractivity contribution >= 4 is 23.6 Å². The van der Waals surface area contributed by atoms with Crippen LogP contribution in [0.3, 0.4) is 0 Å². The molecule has 0 aliphatic carbocycles. The molecule has 0 atom stereocenters. The van der Waals surface area contributed by atoms with Gasteiger partial charge >= 0.3 is 5.97 Å². The van der Waals surface area contributed by atoms with Crippen LogP contribution in [-0.4, -0.2) is 51.7 Å². The quantitative estimate of drug-likeness (QED) is 0.471. The van der Waals surface area contributed by atoms with Crippen LogP contribution in [0, 0.1) is 6.92 Å². The van der Waals surface area contributed by atoms with E-state index < -0.39 is 5.97 Å². The van der Waals surface area contributed by atoms with Crippen molar-refractivity contribution < 1.29 is 14.7 Å². The molecule has 21 heavy (non-hydrogen) atoms. The normalized spacial score (nSPS) is 10.5. The average Bonchev–Trinajstić information content (AvgIpc) is 2.41. The standard InChI is InChI=1S/C14H21N3O3S/c1-5-10-15-9(2)12(14(19)20)13(16-10)21-8-6-7-11(18)17(3)4/h5-8H2,1-4H3,(H,19,20). The van der Waals surface area contributed by atoms with Crippen molar-refractivity contribution in [1.82, 2.24) is 14.9 Å². The summed E-state index contributed by atoms with van der Waals surface area (Å²) in [5.41, 5.74) is 0.650. The summed E-state index contributed by atoms with van der Waals surface area (Å²) < 4.78 is 0. The number of hydrogen-bond donors (Lipinski definition) is 1. The Labute approximate surface area is 129 Å². The van der Waals surface area contributed by atoms with Gasteiger partial charge in [0.25, 0.3) is 0 Å². The van der Waals surface area contributed by atoms with Crippen LogP contribution in [0.1, 0.15) is 41.6 Å². The zero-order valence-corrected chi connectivity index (χ0v) is 13.7. The van der Waals surface area contributed by atoms with Gasteiger partial charge in [-0.3, -0.25) is 4.79 Å². The predicted octanol–water partition coefficient (Wildman–Crippen LogP) is 2.01. The number of carbonyl (C=O) groups is 2. The monoisotopic (exact) mass is 311 g/mol. The van der Waals surface area contributed by atoms with Gasteiger partial charge in [-0.05, 0) is 13.3 Å². The molecule has 7 heteroatoms. The number of carboxylic acid groups (broad SMARTS) is 1. The molecular weight excluding hydrogens is 290 g/mol. The Kier molecular flexibility index (Phi) is 6.61. The van der Waals surface area contributed by atoms with E-state index in [9.17, 15) is 14.7 Å². The van der Waals surface area contributed by atoms with Crippen molar-refractivity contribution in [2.24, 2.45) is 0 Å². The van der Waals surface area contributed by atoms with Gasteiger partial charge in [0.05, 0.1) is 5.69 Å². The molecule has 1 heterocycles. The van der Waals surface area contributed by atoms with E-state index in [0.717, 1.165) is 0 Å². The van der Waals surface area contributed by atoms with Gasteiger partial charge < -0.3 is 10.0 Å². The molecule has 0 radical (unpaired) electrons. The maximum atomic E-state index is 11.5. The Morgan fingerprint density at radius 1 is 1.29 bits per heavy atom. The molecule has 0 saturated carbocycles. The Balaban J connectivity index is 2.75. The summed E-state index contributed by atoms with van der Waals surface area (Å²) >= 11 is 1.37. The number of thioether (sulfide) groups is 1. The molecule has 1 aromatic rings. The number of hydrogen-bond acceptors (Lipinski definition) is 5. The lowest BCUT2D eigenvalue weighted by atomic mass is 10.2. The highest BCUT2D eigenvalue weighted by molar-refractivity contribution is 7.99. The first-order valence-electron chi connectivity index (χ1n) is 6.80. The van der Waals surface area contributed by atoms with Crippen LogP contribution in [-0.2, 0) is 11.2 Å². The van der Waals surface area contributed by atoms with Gasteiger partial charge in [-0.1, -0.05) is 6.92 Å². The van der Waals surface area contributed by atoms with E-state index in [1.54, 1.807) is 25.9 Å². The number of aromatic carboxylic acids is 1. The minimum absolute atomic E-state index is 0.0715. The van der Waals surface area contributed by atoms with E-state index in [1.165, 1.54) is 11.8 Å². The summed E-state index contributed by atoms with van der Waals surface area (Å²) in [4.78, 5) is 32.8. The Morgan fingerprint density at radius 2 is 1.95 bits per heavy atom. The second kappa shape index (κ2) is 7.97. The minimum atomic E-state index is -1.01. The predicted molar refractivity (Wildman–Crippen MR) is 81.8 cm³/mol. The second-order valence-corrected chi connectivity index (χ2v) is 5.89. The maximum Gasteiger partial charge on any atom is 0.340 e. The molecule has 0 spiro atoms. The maximum absolute atomic E-state index is 11.5. The number of aromatic nitrogens is 2. The molecule has 0 aliphatic heterocycles. The summed E-state index contributed by atoms with van der Waals surface area (Å²) in [6.07, 6.45) is 1.80. The highest BCUT2D eigenvalue weighted by atomic mass is 32.2. The summed E-state index contributed by atoms with van der Waals surface area (Å²) in [5, 5.41) is 9.76. The van der Waals surface area contributed by atoms with Crippen LogP contribution < -0.4 is 0 Å². The third-order valence-corrected chi connectivity index (χ3v) is 3.97. The Morgan fingerprint density at radius 3 is 2.48 bits per heavy atom. The summed E-state index contributed by atoms with van der Waals surface area (Å²) in [5.74, 6) is 0.355. The van der Waals surface area contributed by atoms with E-state index >= 15 is 0 Å². The first-order valence-corrected chi connectivity index (χ1v) is 7.79. The van der Waals surface area contributed by atoms with E-state index in [1.807, 2.05) is 6.92 Å². The Bertz CT molecular complexity index is 532.